The zero-order valence-corrected chi connectivity index (χ0v) is 14.4. The Balaban J connectivity index is 2.21. The van der Waals surface area contributed by atoms with Crippen molar-refractivity contribution in [1.82, 2.24) is 5.32 Å². The number of carbonyl (C=O) groups excluding carboxylic acids is 1. The summed E-state index contributed by atoms with van der Waals surface area (Å²) in [5.41, 5.74) is 2.41. The first-order valence-electron chi connectivity index (χ1n) is 7.83. The lowest BCUT2D eigenvalue weighted by atomic mass is 9.88. The Labute approximate surface area is 141 Å². The number of aryl methyl sites for hydroxylation is 1. The number of carbonyl (C=O) groups is 1. The summed E-state index contributed by atoms with van der Waals surface area (Å²) in [5.74, 6) is 0.170. The summed E-state index contributed by atoms with van der Waals surface area (Å²) in [4.78, 5) is 16.9. The second kappa shape index (κ2) is 8.59. The van der Waals surface area contributed by atoms with Gasteiger partial charge in [0.15, 0.2) is 11.4 Å². The molecule has 0 saturated heterocycles. The van der Waals surface area contributed by atoms with Crippen molar-refractivity contribution < 1.29 is 4.79 Å². The van der Waals surface area contributed by atoms with Gasteiger partial charge in [-0.25, -0.2) is 4.99 Å². The number of amidine groups is 1. The van der Waals surface area contributed by atoms with Gasteiger partial charge in [-0.1, -0.05) is 37.1 Å². The van der Waals surface area contributed by atoms with Gasteiger partial charge >= 0.3 is 0 Å². The quantitative estimate of drug-likeness (QED) is 0.381. The van der Waals surface area contributed by atoms with E-state index >= 15 is 0 Å². The van der Waals surface area contributed by atoms with Crippen molar-refractivity contribution in [2.24, 2.45) is 10.9 Å². The molecule has 0 aliphatic heterocycles. The summed E-state index contributed by atoms with van der Waals surface area (Å²) in [6.45, 7) is 1.97. The Morgan fingerprint density at radius 2 is 2.09 bits per heavy atom. The van der Waals surface area contributed by atoms with Gasteiger partial charge < -0.3 is 5.32 Å². The van der Waals surface area contributed by atoms with Crippen LogP contribution >= 0.6 is 11.8 Å². The lowest BCUT2D eigenvalue weighted by molar-refractivity contribution is -0.120. The van der Waals surface area contributed by atoms with E-state index in [1.807, 2.05) is 37.6 Å². The molecule has 1 aliphatic rings. The van der Waals surface area contributed by atoms with Crippen LogP contribution in [-0.4, -0.2) is 17.3 Å². The molecule has 1 fully saturated rings. The Morgan fingerprint density at radius 1 is 1.35 bits per heavy atom. The highest BCUT2D eigenvalue weighted by Crippen LogP contribution is 2.30. The van der Waals surface area contributed by atoms with Crippen molar-refractivity contribution in [1.29, 1.82) is 5.26 Å². The van der Waals surface area contributed by atoms with E-state index in [4.69, 9.17) is 5.26 Å². The first-order chi connectivity index (χ1) is 11.1. The van der Waals surface area contributed by atoms with Crippen molar-refractivity contribution in [2.45, 2.75) is 39.0 Å². The van der Waals surface area contributed by atoms with Gasteiger partial charge in [0.05, 0.1) is 11.4 Å². The van der Waals surface area contributed by atoms with Gasteiger partial charge in [0.2, 0.25) is 5.91 Å². The van der Waals surface area contributed by atoms with Gasteiger partial charge in [0, 0.05) is 5.92 Å². The predicted octanol–water partition coefficient (Wildman–Crippen LogP) is 3.94. The Hall–Kier alpha value is -2.00. The number of benzene rings is 1. The molecule has 23 heavy (non-hydrogen) atoms. The minimum absolute atomic E-state index is 0.0731. The molecule has 0 spiro atoms. The van der Waals surface area contributed by atoms with Crippen LogP contribution in [0.2, 0.25) is 0 Å². The fraction of sp³-hybridized carbons (Fsp3) is 0.471. The van der Waals surface area contributed by atoms with Gasteiger partial charge in [-0.2, -0.15) is 5.26 Å². The van der Waals surface area contributed by atoms with E-state index in [2.05, 4.69) is 15.6 Å². The lowest BCUT2D eigenvalue weighted by Gasteiger charge is -2.21. The molecule has 0 unspecified atom stereocenters. The van der Waals surface area contributed by atoms with Crippen molar-refractivity contribution in [3.05, 3.63) is 23.8 Å². The van der Waals surface area contributed by atoms with Crippen LogP contribution < -0.4 is 10.6 Å². The maximum Gasteiger partial charge on any atom is 0.227 e. The highest BCUT2D eigenvalue weighted by Gasteiger charge is 2.21. The number of anilines is 1. The minimum Gasteiger partial charge on any atom is -0.324 e. The van der Waals surface area contributed by atoms with Crippen LogP contribution in [0.5, 0.6) is 0 Å². The topological polar surface area (TPSA) is 77.3 Å². The zero-order valence-electron chi connectivity index (χ0n) is 13.6. The van der Waals surface area contributed by atoms with Crippen molar-refractivity contribution in [3.63, 3.8) is 0 Å². The predicted molar refractivity (Wildman–Crippen MR) is 95.7 cm³/mol. The average molecular weight is 330 g/mol. The summed E-state index contributed by atoms with van der Waals surface area (Å²) in [7, 11) is 0. The van der Waals surface area contributed by atoms with E-state index in [0.29, 0.717) is 16.5 Å². The molecule has 2 rings (SSSR count). The molecule has 5 nitrogen and oxygen atoms in total. The van der Waals surface area contributed by atoms with Crippen LogP contribution in [0.4, 0.5) is 11.4 Å². The maximum absolute atomic E-state index is 12.5. The highest BCUT2D eigenvalue weighted by atomic mass is 32.2. The molecule has 0 bridgehead atoms. The third-order valence-corrected chi connectivity index (χ3v) is 4.55. The van der Waals surface area contributed by atoms with Crippen LogP contribution in [0.15, 0.2) is 23.2 Å². The Morgan fingerprint density at radius 3 is 2.74 bits per heavy atom. The molecule has 1 aliphatic carbocycles. The molecular formula is C17H22N4OS. The first kappa shape index (κ1) is 17.4. The third-order valence-electron chi connectivity index (χ3n) is 3.97. The second-order valence-corrected chi connectivity index (χ2v) is 6.50. The molecule has 1 aromatic rings. The van der Waals surface area contributed by atoms with Crippen LogP contribution in [0, 0.1) is 24.3 Å². The molecule has 0 radical (unpaired) electrons. The largest absolute Gasteiger partial charge is 0.324 e. The molecule has 0 atom stereocenters. The number of nitrogens with zero attached hydrogens (tertiary/aromatic N) is 2. The lowest BCUT2D eigenvalue weighted by Crippen LogP contribution is -2.24. The van der Waals surface area contributed by atoms with Crippen molar-refractivity contribution >= 4 is 34.2 Å². The number of nitrogens with one attached hydrogen (secondary N) is 2. The van der Waals surface area contributed by atoms with E-state index in [-0.39, 0.29) is 11.8 Å². The number of nitriles is 1. The molecule has 1 saturated carbocycles. The van der Waals surface area contributed by atoms with Crippen LogP contribution in [0.25, 0.3) is 0 Å². The number of hydrogen-bond donors (Lipinski definition) is 2. The standard InChI is InChI=1S/C17H22N4OS/c1-12-8-9-14(15(10-12)21-17(23-2)19-11-18)20-16(22)13-6-4-3-5-7-13/h8-10,13H,3-7H2,1-2H3,(H,19,21)(H,20,22). The van der Waals surface area contributed by atoms with Crippen molar-refractivity contribution in [2.75, 3.05) is 11.6 Å². The SMILES string of the molecule is CSC(=Nc1cc(C)ccc1NC(=O)C1CCCCC1)NC#N. The monoisotopic (exact) mass is 330 g/mol. The molecule has 0 aromatic heterocycles. The maximum atomic E-state index is 12.5. The molecule has 0 heterocycles. The normalized spacial score (nSPS) is 15.8. The summed E-state index contributed by atoms with van der Waals surface area (Å²) in [6, 6.07) is 5.73. The Kier molecular flexibility index (Phi) is 6.48. The number of hydrogen-bond acceptors (Lipinski definition) is 4. The second-order valence-electron chi connectivity index (χ2n) is 5.70. The fourth-order valence-electron chi connectivity index (χ4n) is 2.72. The van der Waals surface area contributed by atoms with Gasteiger partial charge in [0.25, 0.3) is 0 Å². The number of rotatable bonds is 3. The highest BCUT2D eigenvalue weighted by molar-refractivity contribution is 8.13. The van der Waals surface area contributed by atoms with Gasteiger partial charge in [-0.05, 0) is 43.7 Å². The molecule has 6 heteroatoms. The molecule has 1 amide bonds. The average Bonchev–Trinajstić information content (AvgIpc) is 2.57. The van der Waals surface area contributed by atoms with Crippen molar-refractivity contribution in [3.8, 4) is 6.19 Å². The summed E-state index contributed by atoms with van der Waals surface area (Å²) < 4.78 is 0. The molecule has 2 N–H and O–H groups in total. The van der Waals surface area contributed by atoms with Gasteiger partial charge in [-0.15, -0.1) is 0 Å². The number of aliphatic imine (C=N–C) groups is 1. The van der Waals surface area contributed by atoms with E-state index in [9.17, 15) is 4.79 Å². The fourth-order valence-corrected chi connectivity index (χ4v) is 3.06. The summed E-state index contributed by atoms with van der Waals surface area (Å²) in [6.07, 6.45) is 9.12. The van der Waals surface area contributed by atoms with E-state index in [1.165, 1.54) is 18.2 Å². The van der Waals surface area contributed by atoms with E-state index in [0.717, 1.165) is 31.2 Å². The zero-order chi connectivity index (χ0) is 16.7. The van der Waals surface area contributed by atoms with Crippen LogP contribution in [0.1, 0.15) is 37.7 Å². The number of amides is 1. The number of thioether (sulfide) groups is 1. The Bertz CT molecular complexity index is 630. The van der Waals surface area contributed by atoms with Crippen LogP contribution in [-0.2, 0) is 4.79 Å². The third kappa shape index (κ3) is 5.00. The molecule has 1 aromatic carbocycles. The summed E-state index contributed by atoms with van der Waals surface area (Å²) in [5, 5.41) is 14.8. The van der Waals surface area contributed by atoms with Gasteiger partial charge in [-0.3, -0.25) is 10.1 Å². The smallest absolute Gasteiger partial charge is 0.227 e. The van der Waals surface area contributed by atoms with Crippen LogP contribution in [0.3, 0.4) is 0 Å². The first-order valence-corrected chi connectivity index (χ1v) is 9.06. The molecular weight excluding hydrogens is 308 g/mol. The van der Waals surface area contributed by atoms with Gasteiger partial charge in [0.1, 0.15) is 0 Å². The van der Waals surface area contributed by atoms with E-state index in [1.54, 1.807) is 0 Å². The minimum atomic E-state index is 0.0731. The van der Waals surface area contributed by atoms with E-state index < -0.39 is 0 Å². The summed E-state index contributed by atoms with van der Waals surface area (Å²) >= 11 is 1.35. The molecule has 122 valence electrons.